The normalized spacial score (nSPS) is 21.9. The number of thiophene rings is 1. The molecular formula is C21H24ClFN2OS. The van der Waals surface area contributed by atoms with Crippen LogP contribution in [0, 0.1) is 17.2 Å². The lowest BCUT2D eigenvalue weighted by atomic mass is 9.69. The van der Waals surface area contributed by atoms with E-state index in [-0.39, 0.29) is 11.5 Å². The van der Waals surface area contributed by atoms with E-state index in [4.69, 9.17) is 11.6 Å². The molecule has 27 heavy (non-hydrogen) atoms. The molecule has 144 valence electrons. The number of nitrogens with one attached hydrogen (secondary N) is 2. The van der Waals surface area contributed by atoms with E-state index in [2.05, 4.69) is 31.4 Å². The minimum absolute atomic E-state index is 0.140. The van der Waals surface area contributed by atoms with Crippen molar-refractivity contribution in [1.82, 2.24) is 5.32 Å². The van der Waals surface area contributed by atoms with Gasteiger partial charge in [-0.25, -0.2) is 4.39 Å². The second-order valence-electron chi connectivity index (χ2n) is 8.18. The van der Waals surface area contributed by atoms with Crippen LogP contribution >= 0.6 is 22.9 Å². The van der Waals surface area contributed by atoms with E-state index < -0.39 is 12.0 Å². The highest BCUT2D eigenvalue weighted by Crippen LogP contribution is 2.47. The Morgan fingerprint density at radius 1 is 1.33 bits per heavy atom. The SMILES string of the molecule is CCC(C)(C)[C@@H]1CCc2c(sc3c2C(=O)N[C@@H](c2c(F)cccc2Cl)N3)C1. The summed E-state index contributed by atoms with van der Waals surface area (Å²) in [5, 5.41) is 7.35. The first kappa shape index (κ1) is 18.8. The molecule has 0 spiro atoms. The van der Waals surface area contributed by atoms with Crippen molar-refractivity contribution in [1.29, 1.82) is 0 Å². The molecule has 2 aliphatic rings. The molecule has 1 aliphatic heterocycles. The van der Waals surface area contributed by atoms with E-state index in [0.29, 0.717) is 16.4 Å². The quantitative estimate of drug-likeness (QED) is 0.662. The van der Waals surface area contributed by atoms with Crippen molar-refractivity contribution in [2.75, 3.05) is 5.32 Å². The fourth-order valence-corrected chi connectivity index (χ4v) is 5.81. The highest BCUT2D eigenvalue weighted by Gasteiger charge is 2.38. The van der Waals surface area contributed by atoms with Gasteiger partial charge in [-0.15, -0.1) is 11.3 Å². The van der Waals surface area contributed by atoms with E-state index in [9.17, 15) is 9.18 Å². The van der Waals surface area contributed by atoms with E-state index >= 15 is 0 Å². The van der Waals surface area contributed by atoms with Gasteiger partial charge in [0.15, 0.2) is 0 Å². The Balaban J connectivity index is 1.67. The standard InChI is InChI=1S/C21H24ClFN2OS/c1-4-21(2,3)11-8-9-12-15(10-11)27-20-16(12)19(26)24-18(25-20)17-13(22)6-5-7-14(17)23/h5-7,11,18,25H,4,8-10H2,1-3H3,(H,24,26)/t11-,18-/m1/s1. The molecule has 6 heteroatoms. The van der Waals surface area contributed by atoms with Crippen molar-refractivity contribution < 1.29 is 9.18 Å². The van der Waals surface area contributed by atoms with Crippen LogP contribution in [0.3, 0.4) is 0 Å². The van der Waals surface area contributed by atoms with Gasteiger partial charge in [-0.2, -0.15) is 0 Å². The molecule has 1 aliphatic carbocycles. The van der Waals surface area contributed by atoms with Crippen LogP contribution in [-0.2, 0) is 12.8 Å². The van der Waals surface area contributed by atoms with Crippen molar-refractivity contribution >= 4 is 33.8 Å². The minimum atomic E-state index is -0.651. The predicted octanol–water partition coefficient (Wildman–Crippen LogP) is 5.94. The Kier molecular flexibility index (Phi) is 4.71. The van der Waals surface area contributed by atoms with Gasteiger partial charge < -0.3 is 10.6 Å². The van der Waals surface area contributed by atoms with Crippen molar-refractivity contribution in [2.45, 2.75) is 52.6 Å². The number of carbonyl (C=O) groups excluding carboxylic acids is 1. The largest absolute Gasteiger partial charge is 0.352 e. The smallest absolute Gasteiger partial charge is 0.256 e. The second kappa shape index (κ2) is 6.78. The summed E-state index contributed by atoms with van der Waals surface area (Å²) in [7, 11) is 0. The van der Waals surface area contributed by atoms with E-state index in [1.165, 1.54) is 16.5 Å². The Hall–Kier alpha value is -1.59. The maximum absolute atomic E-state index is 14.3. The summed E-state index contributed by atoms with van der Waals surface area (Å²) in [6.45, 7) is 6.90. The number of fused-ring (bicyclic) bond motifs is 3. The van der Waals surface area contributed by atoms with Gasteiger partial charge in [0.2, 0.25) is 0 Å². The molecule has 0 saturated heterocycles. The summed E-state index contributed by atoms with van der Waals surface area (Å²) >= 11 is 7.84. The highest BCUT2D eigenvalue weighted by atomic mass is 35.5. The van der Waals surface area contributed by atoms with Crippen LogP contribution in [-0.4, -0.2) is 5.91 Å². The zero-order chi connectivity index (χ0) is 19.3. The van der Waals surface area contributed by atoms with Gasteiger partial charge in [-0.1, -0.05) is 44.9 Å². The van der Waals surface area contributed by atoms with Crippen LogP contribution in [0.25, 0.3) is 0 Å². The third kappa shape index (κ3) is 3.15. The first-order valence-electron chi connectivity index (χ1n) is 9.47. The number of hydrogen-bond donors (Lipinski definition) is 2. The fourth-order valence-electron chi connectivity index (χ4n) is 4.18. The monoisotopic (exact) mass is 406 g/mol. The summed E-state index contributed by atoms with van der Waals surface area (Å²) < 4.78 is 14.3. The zero-order valence-corrected chi connectivity index (χ0v) is 17.4. The fraction of sp³-hybridized carbons (Fsp3) is 0.476. The molecule has 2 atom stereocenters. The van der Waals surface area contributed by atoms with E-state index in [0.717, 1.165) is 36.2 Å². The minimum Gasteiger partial charge on any atom is -0.352 e. The summed E-state index contributed by atoms with van der Waals surface area (Å²) in [5.41, 5.74) is 2.49. The van der Waals surface area contributed by atoms with Crippen molar-refractivity contribution in [3.63, 3.8) is 0 Å². The van der Waals surface area contributed by atoms with E-state index in [1.54, 1.807) is 23.5 Å². The molecule has 3 nitrogen and oxygen atoms in total. The van der Waals surface area contributed by atoms with Gasteiger partial charge in [-0.05, 0) is 48.3 Å². The average molecular weight is 407 g/mol. The Labute approximate surface area is 168 Å². The van der Waals surface area contributed by atoms with Gasteiger partial charge in [0.05, 0.1) is 10.6 Å². The number of benzene rings is 1. The lowest BCUT2D eigenvalue weighted by Crippen LogP contribution is -2.39. The molecule has 1 amide bonds. The molecule has 2 heterocycles. The van der Waals surface area contributed by atoms with Gasteiger partial charge in [0.1, 0.15) is 17.0 Å². The number of hydrogen-bond acceptors (Lipinski definition) is 3. The molecular weight excluding hydrogens is 383 g/mol. The van der Waals surface area contributed by atoms with Gasteiger partial charge >= 0.3 is 0 Å². The highest BCUT2D eigenvalue weighted by molar-refractivity contribution is 7.16. The number of rotatable bonds is 3. The van der Waals surface area contributed by atoms with Crippen LogP contribution in [0.1, 0.15) is 66.1 Å². The molecule has 0 saturated carbocycles. The molecule has 0 fully saturated rings. The van der Waals surface area contributed by atoms with Crippen molar-refractivity contribution in [3.05, 3.63) is 50.6 Å². The number of anilines is 1. The molecule has 1 aromatic carbocycles. The van der Waals surface area contributed by atoms with Crippen LogP contribution in [0.2, 0.25) is 5.02 Å². The third-order valence-electron chi connectivity index (χ3n) is 6.35. The first-order chi connectivity index (χ1) is 12.8. The van der Waals surface area contributed by atoms with Crippen LogP contribution < -0.4 is 10.6 Å². The zero-order valence-electron chi connectivity index (χ0n) is 15.8. The molecule has 0 bridgehead atoms. The maximum atomic E-state index is 14.3. The van der Waals surface area contributed by atoms with Gasteiger partial charge in [0.25, 0.3) is 5.91 Å². The van der Waals surface area contributed by atoms with Crippen LogP contribution in [0.5, 0.6) is 0 Å². The van der Waals surface area contributed by atoms with Gasteiger partial charge in [0, 0.05) is 10.4 Å². The molecule has 2 aromatic rings. The molecule has 0 radical (unpaired) electrons. The molecule has 2 N–H and O–H groups in total. The van der Waals surface area contributed by atoms with Crippen LogP contribution in [0.15, 0.2) is 18.2 Å². The number of amides is 1. The molecule has 0 unspecified atom stereocenters. The average Bonchev–Trinajstić information content (AvgIpc) is 2.99. The van der Waals surface area contributed by atoms with Gasteiger partial charge in [-0.3, -0.25) is 4.79 Å². The summed E-state index contributed by atoms with van der Waals surface area (Å²) in [4.78, 5) is 14.1. The lowest BCUT2D eigenvalue weighted by Gasteiger charge is -2.36. The Bertz CT molecular complexity index is 888. The third-order valence-corrected chi connectivity index (χ3v) is 7.86. The molecule has 4 rings (SSSR count). The van der Waals surface area contributed by atoms with Crippen molar-refractivity contribution in [2.24, 2.45) is 11.3 Å². The summed E-state index contributed by atoms with van der Waals surface area (Å²) in [6.07, 6.45) is 3.53. The van der Waals surface area contributed by atoms with Crippen molar-refractivity contribution in [3.8, 4) is 0 Å². The number of halogens is 2. The first-order valence-corrected chi connectivity index (χ1v) is 10.7. The number of carbonyl (C=O) groups is 1. The summed E-state index contributed by atoms with van der Waals surface area (Å²) in [6, 6.07) is 4.57. The van der Waals surface area contributed by atoms with E-state index in [1.807, 2.05) is 0 Å². The van der Waals surface area contributed by atoms with Crippen LogP contribution in [0.4, 0.5) is 9.39 Å². The second-order valence-corrected chi connectivity index (χ2v) is 9.69. The predicted molar refractivity (Wildman–Crippen MR) is 109 cm³/mol. The molecule has 1 aromatic heterocycles. The Morgan fingerprint density at radius 2 is 2.11 bits per heavy atom. The maximum Gasteiger partial charge on any atom is 0.256 e. The summed E-state index contributed by atoms with van der Waals surface area (Å²) in [5.74, 6) is 0.0589. The topological polar surface area (TPSA) is 41.1 Å². The Morgan fingerprint density at radius 3 is 2.81 bits per heavy atom. The lowest BCUT2D eigenvalue weighted by molar-refractivity contribution is 0.0934.